The van der Waals surface area contributed by atoms with Crippen molar-refractivity contribution in [2.24, 2.45) is 16.3 Å². The Labute approximate surface area is 256 Å². The van der Waals surface area contributed by atoms with Crippen molar-refractivity contribution in [1.82, 2.24) is 20.2 Å². The third kappa shape index (κ3) is 8.67. The van der Waals surface area contributed by atoms with Crippen LogP contribution in [0.5, 0.6) is 5.75 Å². The maximum atomic E-state index is 14.0. The van der Waals surface area contributed by atoms with Crippen molar-refractivity contribution in [2.45, 2.75) is 77.6 Å². The lowest BCUT2D eigenvalue weighted by atomic mass is 9.85. The number of hydrogen-bond donors (Lipinski definition) is 3. The Balaban J connectivity index is 1.53. The first-order valence-electron chi connectivity index (χ1n) is 15.0. The van der Waals surface area contributed by atoms with Gasteiger partial charge < -0.3 is 25.6 Å². The zero-order valence-corrected chi connectivity index (χ0v) is 25.9. The first-order chi connectivity index (χ1) is 20.7. The summed E-state index contributed by atoms with van der Waals surface area (Å²) in [5.74, 6) is -0.884. The summed E-state index contributed by atoms with van der Waals surface area (Å²) in [5, 5.41) is 8.98. The minimum Gasteiger partial charge on any atom is -0.495 e. The van der Waals surface area contributed by atoms with E-state index >= 15 is 0 Å². The van der Waals surface area contributed by atoms with Gasteiger partial charge in [0.15, 0.2) is 0 Å². The number of methoxy groups -OCH3 is 1. The Bertz CT molecular complexity index is 1350. The summed E-state index contributed by atoms with van der Waals surface area (Å²) in [7, 11) is 3.49. The van der Waals surface area contributed by atoms with Gasteiger partial charge in [-0.05, 0) is 64.0 Å². The molecule has 0 bridgehead atoms. The van der Waals surface area contributed by atoms with E-state index in [4.69, 9.17) is 4.74 Å². The van der Waals surface area contributed by atoms with Crippen LogP contribution in [-0.2, 0) is 11.0 Å². The van der Waals surface area contributed by atoms with Crippen LogP contribution >= 0.6 is 0 Å². The van der Waals surface area contributed by atoms with Crippen molar-refractivity contribution >= 4 is 35.5 Å². The fourth-order valence-electron chi connectivity index (χ4n) is 5.29. The second-order valence-electron chi connectivity index (χ2n) is 12.6. The normalized spacial score (nSPS) is 20.4. The number of aromatic nitrogens is 2. The van der Waals surface area contributed by atoms with Gasteiger partial charge in [-0.15, -0.1) is 0 Å². The molecule has 1 aliphatic carbocycles. The summed E-state index contributed by atoms with van der Waals surface area (Å²) in [5.41, 5.74) is -0.863. The molecule has 2 aromatic rings. The fraction of sp³-hybridized carbons (Fsp3) is 0.581. The number of carbonyl (C=O) groups is 2. The summed E-state index contributed by atoms with van der Waals surface area (Å²) in [6.07, 6.45) is 2.32. The lowest BCUT2D eigenvalue weighted by Gasteiger charge is -2.31. The van der Waals surface area contributed by atoms with Crippen LogP contribution in [0.3, 0.4) is 0 Å². The molecule has 10 nitrogen and oxygen atoms in total. The molecule has 4 rings (SSSR count). The molecule has 44 heavy (non-hydrogen) atoms. The third-order valence-electron chi connectivity index (χ3n) is 8.02. The number of piperidine rings is 1. The second-order valence-corrected chi connectivity index (χ2v) is 12.6. The van der Waals surface area contributed by atoms with Gasteiger partial charge in [0.25, 0.3) is 11.8 Å². The maximum Gasteiger partial charge on any atom is 0.421 e. The van der Waals surface area contributed by atoms with E-state index in [-0.39, 0.29) is 35.5 Å². The van der Waals surface area contributed by atoms with Crippen LogP contribution in [0.1, 0.15) is 75.2 Å². The van der Waals surface area contributed by atoms with Gasteiger partial charge in [0.05, 0.1) is 12.8 Å². The van der Waals surface area contributed by atoms with E-state index in [0.29, 0.717) is 29.8 Å². The molecule has 0 radical (unpaired) electrons. The molecule has 1 unspecified atom stereocenters. The zero-order chi connectivity index (χ0) is 32.1. The van der Waals surface area contributed by atoms with Gasteiger partial charge in [-0.3, -0.25) is 9.59 Å². The Kier molecular flexibility index (Phi) is 10.5. The van der Waals surface area contributed by atoms with E-state index in [1.807, 2.05) is 7.05 Å². The number of anilines is 3. The Morgan fingerprint density at radius 1 is 1.09 bits per heavy atom. The van der Waals surface area contributed by atoms with Crippen molar-refractivity contribution in [3.8, 4) is 5.75 Å². The van der Waals surface area contributed by atoms with Crippen LogP contribution in [0, 0.1) is 11.3 Å². The molecule has 1 saturated heterocycles. The zero-order valence-electron chi connectivity index (χ0n) is 25.9. The molecular weight excluding hydrogens is 575 g/mol. The standard InChI is InChI=1S/C31H42F3N7O3/c1-30(2,3)28(43)35-17-20-8-6-7-9-23(20)38-26-22(31(32,33)34)18-36-29(40-26)39-24-11-10-19(16-25(24)44-5)27(42)37-21-12-14-41(4)15-13-21/h10-11,16-18,20-21,23H,6-9,12-15H2,1-5H3,(H,37,42)(H2,36,38,39,40)/t20?,23-/m1/s1. The number of nitrogens with one attached hydrogen (secondary N) is 3. The molecule has 1 aromatic carbocycles. The number of carbonyl (C=O) groups excluding carboxylic acids is 2. The number of halogens is 3. The fourth-order valence-corrected chi connectivity index (χ4v) is 5.29. The second kappa shape index (κ2) is 13.9. The number of benzene rings is 1. The quantitative estimate of drug-likeness (QED) is 0.324. The van der Waals surface area contributed by atoms with Crippen LogP contribution in [0.4, 0.5) is 30.6 Å². The lowest BCUT2D eigenvalue weighted by molar-refractivity contribution is -0.137. The topological polar surface area (TPSA) is 121 Å². The predicted octanol–water partition coefficient (Wildman–Crippen LogP) is 5.69. The molecule has 2 heterocycles. The number of rotatable bonds is 8. The van der Waals surface area contributed by atoms with Gasteiger partial charge in [0.2, 0.25) is 5.95 Å². The van der Waals surface area contributed by atoms with Crippen LogP contribution < -0.4 is 20.7 Å². The summed E-state index contributed by atoms with van der Waals surface area (Å²) in [6, 6.07) is 4.48. The average molecular weight is 618 g/mol. The highest BCUT2D eigenvalue weighted by Crippen LogP contribution is 2.37. The number of alkyl halides is 3. The molecule has 2 atom stereocenters. The van der Waals surface area contributed by atoms with Crippen molar-refractivity contribution < 1.29 is 27.5 Å². The number of aliphatic imine (C=N–C) groups is 1. The number of amides is 2. The largest absolute Gasteiger partial charge is 0.495 e. The first kappa shape index (κ1) is 33.2. The van der Waals surface area contributed by atoms with Gasteiger partial charge in [0, 0.05) is 41.4 Å². The van der Waals surface area contributed by atoms with Gasteiger partial charge in [0.1, 0.15) is 17.1 Å². The van der Waals surface area contributed by atoms with Crippen molar-refractivity contribution in [3.63, 3.8) is 0 Å². The predicted molar refractivity (Wildman–Crippen MR) is 164 cm³/mol. The lowest BCUT2D eigenvalue weighted by Crippen LogP contribution is -2.43. The average Bonchev–Trinajstić information content (AvgIpc) is 2.97. The number of likely N-dealkylation sites (tertiary alicyclic amines) is 1. The molecule has 240 valence electrons. The molecule has 3 N–H and O–H groups in total. The highest BCUT2D eigenvalue weighted by Gasteiger charge is 2.37. The van der Waals surface area contributed by atoms with Crippen molar-refractivity contribution in [2.75, 3.05) is 37.9 Å². The minimum absolute atomic E-state index is 0.0775. The van der Waals surface area contributed by atoms with Crippen LogP contribution in [0.15, 0.2) is 29.4 Å². The number of ether oxygens (including phenoxy) is 1. The minimum atomic E-state index is -4.69. The molecular formula is C31H42F3N7O3. The van der Waals surface area contributed by atoms with Gasteiger partial charge in [-0.1, -0.05) is 33.6 Å². The maximum absolute atomic E-state index is 14.0. The van der Waals surface area contributed by atoms with E-state index in [9.17, 15) is 22.8 Å². The molecule has 2 amide bonds. The van der Waals surface area contributed by atoms with E-state index in [0.717, 1.165) is 45.0 Å². The number of hydrogen-bond acceptors (Lipinski definition) is 8. The third-order valence-corrected chi connectivity index (χ3v) is 8.02. The smallest absolute Gasteiger partial charge is 0.421 e. The van der Waals surface area contributed by atoms with E-state index in [2.05, 4.69) is 35.8 Å². The van der Waals surface area contributed by atoms with Crippen LogP contribution in [-0.4, -0.2) is 72.2 Å². The molecule has 2 aliphatic rings. The van der Waals surface area contributed by atoms with Gasteiger partial charge >= 0.3 is 6.18 Å². The van der Waals surface area contributed by atoms with Crippen LogP contribution in [0.25, 0.3) is 0 Å². The van der Waals surface area contributed by atoms with Gasteiger partial charge in [-0.2, -0.15) is 18.2 Å². The molecule has 2 fully saturated rings. The Morgan fingerprint density at radius 3 is 2.45 bits per heavy atom. The summed E-state index contributed by atoms with van der Waals surface area (Å²) < 4.78 is 47.5. The molecule has 1 saturated carbocycles. The van der Waals surface area contributed by atoms with E-state index < -0.39 is 23.2 Å². The highest BCUT2D eigenvalue weighted by molar-refractivity contribution is 5.95. The van der Waals surface area contributed by atoms with Crippen LogP contribution in [0.2, 0.25) is 0 Å². The summed E-state index contributed by atoms with van der Waals surface area (Å²) in [4.78, 5) is 39.7. The Morgan fingerprint density at radius 2 is 1.80 bits per heavy atom. The van der Waals surface area contributed by atoms with Gasteiger partial charge in [-0.25, -0.2) is 9.98 Å². The van der Waals surface area contributed by atoms with Crippen molar-refractivity contribution in [1.29, 1.82) is 0 Å². The number of nitrogens with zero attached hydrogens (tertiary/aromatic N) is 4. The molecule has 1 aliphatic heterocycles. The molecule has 13 heteroatoms. The van der Waals surface area contributed by atoms with E-state index in [1.54, 1.807) is 45.2 Å². The Hall–Kier alpha value is -3.74. The first-order valence-corrected chi connectivity index (χ1v) is 15.0. The highest BCUT2D eigenvalue weighted by atomic mass is 19.4. The van der Waals surface area contributed by atoms with E-state index in [1.165, 1.54) is 7.11 Å². The monoisotopic (exact) mass is 617 g/mol. The molecule has 1 aromatic heterocycles. The SMILES string of the molecule is COc1cc(C(=O)NC2CCN(C)CC2)ccc1Nc1ncc(C(F)(F)F)c(N[C@@H]2CCCCC2C=NC(=O)C(C)(C)C)n1. The summed E-state index contributed by atoms with van der Waals surface area (Å²) >= 11 is 0. The summed E-state index contributed by atoms with van der Waals surface area (Å²) in [6.45, 7) is 7.12. The van der Waals surface area contributed by atoms with Crippen molar-refractivity contribution in [3.05, 3.63) is 35.5 Å². The molecule has 0 spiro atoms.